The van der Waals surface area contributed by atoms with Crippen molar-refractivity contribution in [2.45, 2.75) is 244 Å². The molecule has 6 nitrogen and oxygen atoms in total. The summed E-state index contributed by atoms with van der Waals surface area (Å²) in [4.78, 5) is 25.9. The second-order valence-corrected chi connectivity index (χ2v) is 15.5. The number of hydrogen-bond donors (Lipinski definition) is 3. The number of aliphatic hydroxyl groups is 2. The van der Waals surface area contributed by atoms with E-state index in [0.29, 0.717) is 19.3 Å². The minimum absolute atomic E-state index is 0.0667. The van der Waals surface area contributed by atoms with E-state index in [1.807, 2.05) is 0 Å². The Morgan fingerprint density at radius 3 is 1.53 bits per heavy atom. The van der Waals surface area contributed by atoms with Gasteiger partial charge in [0.05, 0.1) is 25.2 Å². The van der Waals surface area contributed by atoms with Crippen molar-refractivity contribution in [1.29, 1.82) is 0 Å². The number of carbonyl (C=O) groups excluding carboxylic acids is 2. The topological polar surface area (TPSA) is 95.9 Å². The van der Waals surface area contributed by atoms with Crippen LogP contribution >= 0.6 is 0 Å². The van der Waals surface area contributed by atoms with Crippen molar-refractivity contribution in [3.63, 3.8) is 0 Å². The molecule has 0 rings (SSSR count). The Morgan fingerprint density at radius 1 is 0.566 bits per heavy atom. The zero-order valence-corrected chi connectivity index (χ0v) is 35.1. The molecule has 0 heterocycles. The molecule has 1 amide bonds. The van der Waals surface area contributed by atoms with E-state index >= 15 is 0 Å². The lowest BCUT2D eigenvalue weighted by Crippen LogP contribution is -2.46. The molecule has 0 aliphatic heterocycles. The largest absolute Gasteiger partial charge is 0.462 e. The molecular formula is C47H87NO5. The monoisotopic (exact) mass is 746 g/mol. The van der Waals surface area contributed by atoms with Crippen LogP contribution in [-0.2, 0) is 14.3 Å². The third-order valence-corrected chi connectivity index (χ3v) is 10.3. The van der Waals surface area contributed by atoms with Crippen molar-refractivity contribution in [2.24, 2.45) is 0 Å². The Kier molecular flexibility index (Phi) is 39.8. The maximum absolute atomic E-state index is 13.1. The first-order valence-electron chi connectivity index (χ1n) is 22.7. The average Bonchev–Trinajstić information content (AvgIpc) is 3.15. The summed E-state index contributed by atoms with van der Waals surface area (Å²) in [6.07, 6.45) is 46.3. The van der Waals surface area contributed by atoms with Gasteiger partial charge in [0, 0.05) is 6.42 Å². The summed E-state index contributed by atoms with van der Waals surface area (Å²) in [7, 11) is 0. The summed E-state index contributed by atoms with van der Waals surface area (Å²) in [5, 5.41) is 23.6. The van der Waals surface area contributed by atoms with E-state index in [1.54, 1.807) is 0 Å². The predicted octanol–water partition coefficient (Wildman–Crippen LogP) is 12.9. The van der Waals surface area contributed by atoms with Gasteiger partial charge in [-0.15, -0.1) is 0 Å². The van der Waals surface area contributed by atoms with Gasteiger partial charge >= 0.3 is 5.97 Å². The standard InChI is InChI=1S/C47H87NO5/c1-4-7-10-13-16-19-22-23-25-26-29-32-35-38-43(53-47(52)40-37-34-31-28-24-20-17-14-11-8-5-2)41-46(51)48-44(42-49)45(50)39-36-33-30-27-21-18-15-12-9-6-3/h7,10,13,16,19,22,43-45,49-50H,4-6,8-9,11-12,14-15,17-18,20-21,23-42H2,1-3H3,(H,48,51)/b10-7+,16-13+,22-19+. The molecule has 0 aromatic heterocycles. The number of amides is 1. The molecule has 0 aliphatic rings. The Hall–Kier alpha value is -1.92. The molecule has 6 heteroatoms. The Bertz CT molecular complexity index is 884. The van der Waals surface area contributed by atoms with Gasteiger partial charge in [-0.3, -0.25) is 9.59 Å². The third-order valence-electron chi connectivity index (χ3n) is 10.3. The highest BCUT2D eigenvalue weighted by atomic mass is 16.5. The fourth-order valence-corrected chi connectivity index (χ4v) is 6.84. The van der Waals surface area contributed by atoms with E-state index in [0.717, 1.165) is 83.5 Å². The van der Waals surface area contributed by atoms with Crippen LogP contribution in [0.25, 0.3) is 0 Å². The summed E-state index contributed by atoms with van der Waals surface area (Å²) in [6, 6.07) is -0.703. The molecule has 0 radical (unpaired) electrons. The molecule has 3 atom stereocenters. The van der Waals surface area contributed by atoms with Gasteiger partial charge in [0.2, 0.25) is 5.91 Å². The van der Waals surface area contributed by atoms with Gasteiger partial charge in [-0.1, -0.05) is 205 Å². The van der Waals surface area contributed by atoms with Crippen LogP contribution in [-0.4, -0.2) is 46.9 Å². The molecule has 0 aliphatic carbocycles. The summed E-state index contributed by atoms with van der Waals surface area (Å²) >= 11 is 0. The smallest absolute Gasteiger partial charge is 0.306 e. The second kappa shape index (κ2) is 41.2. The molecule has 0 aromatic rings. The number of rotatable bonds is 40. The first-order chi connectivity index (χ1) is 26.0. The first-order valence-corrected chi connectivity index (χ1v) is 22.7. The quantitative estimate of drug-likeness (QED) is 0.0330. The Labute approximate surface area is 328 Å². The zero-order valence-electron chi connectivity index (χ0n) is 35.1. The molecule has 0 saturated carbocycles. The highest BCUT2D eigenvalue weighted by molar-refractivity contribution is 5.77. The lowest BCUT2D eigenvalue weighted by Gasteiger charge is -2.24. The normalized spacial score (nSPS) is 13.7. The van der Waals surface area contributed by atoms with Gasteiger partial charge in [-0.05, 0) is 44.9 Å². The van der Waals surface area contributed by atoms with Gasteiger partial charge in [0.1, 0.15) is 6.10 Å². The van der Waals surface area contributed by atoms with Crippen LogP contribution in [0.2, 0.25) is 0 Å². The number of unbranched alkanes of at least 4 members (excludes halogenated alkanes) is 24. The Balaban J connectivity index is 4.63. The van der Waals surface area contributed by atoms with Crippen molar-refractivity contribution in [3.8, 4) is 0 Å². The minimum Gasteiger partial charge on any atom is -0.462 e. The van der Waals surface area contributed by atoms with Gasteiger partial charge < -0.3 is 20.3 Å². The molecule has 0 bridgehead atoms. The number of nitrogens with one attached hydrogen (secondary N) is 1. The third kappa shape index (κ3) is 36.8. The Morgan fingerprint density at radius 2 is 1.02 bits per heavy atom. The minimum atomic E-state index is -0.788. The van der Waals surface area contributed by atoms with Crippen LogP contribution in [0.15, 0.2) is 36.5 Å². The van der Waals surface area contributed by atoms with E-state index in [4.69, 9.17) is 4.74 Å². The number of aliphatic hydroxyl groups excluding tert-OH is 2. The summed E-state index contributed by atoms with van der Waals surface area (Å²) in [5.74, 6) is -0.492. The zero-order chi connectivity index (χ0) is 38.9. The van der Waals surface area contributed by atoms with Gasteiger partial charge in [0.15, 0.2) is 0 Å². The molecule has 0 saturated heterocycles. The van der Waals surface area contributed by atoms with Crippen LogP contribution in [0.1, 0.15) is 226 Å². The lowest BCUT2D eigenvalue weighted by atomic mass is 10.0. The number of esters is 1. The van der Waals surface area contributed by atoms with Gasteiger partial charge in [-0.25, -0.2) is 0 Å². The fraction of sp³-hybridized carbons (Fsp3) is 0.830. The van der Waals surface area contributed by atoms with Crippen molar-refractivity contribution in [2.75, 3.05) is 6.61 Å². The van der Waals surface area contributed by atoms with Crippen molar-refractivity contribution in [3.05, 3.63) is 36.5 Å². The lowest BCUT2D eigenvalue weighted by molar-refractivity contribution is -0.151. The molecule has 53 heavy (non-hydrogen) atoms. The molecule has 310 valence electrons. The number of ether oxygens (including phenoxy) is 1. The number of allylic oxidation sites excluding steroid dienone is 6. The van der Waals surface area contributed by atoms with Gasteiger partial charge in [0.25, 0.3) is 0 Å². The van der Waals surface area contributed by atoms with E-state index in [-0.39, 0.29) is 24.9 Å². The van der Waals surface area contributed by atoms with E-state index in [9.17, 15) is 19.8 Å². The SMILES string of the molecule is CC/C=C/C=C/C=C/CCCCCCCC(CC(=O)NC(CO)C(O)CCCCCCCCCCCC)OC(=O)CCCCCCCCCCCCC. The summed E-state index contributed by atoms with van der Waals surface area (Å²) in [5.41, 5.74) is 0. The highest BCUT2D eigenvalue weighted by Gasteiger charge is 2.24. The molecule has 0 aromatic carbocycles. The molecular weight excluding hydrogens is 659 g/mol. The first kappa shape index (κ1) is 51.1. The van der Waals surface area contributed by atoms with E-state index in [2.05, 4.69) is 62.5 Å². The highest BCUT2D eigenvalue weighted by Crippen LogP contribution is 2.17. The van der Waals surface area contributed by atoms with Crippen LogP contribution in [0.5, 0.6) is 0 Å². The maximum Gasteiger partial charge on any atom is 0.306 e. The molecule has 0 fully saturated rings. The molecule has 0 spiro atoms. The second-order valence-electron chi connectivity index (χ2n) is 15.5. The van der Waals surface area contributed by atoms with Crippen LogP contribution < -0.4 is 5.32 Å². The number of hydrogen-bond acceptors (Lipinski definition) is 5. The van der Waals surface area contributed by atoms with E-state index in [1.165, 1.54) is 96.3 Å². The van der Waals surface area contributed by atoms with Crippen molar-refractivity contribution >= 4 is 11.9 Å². The fourth-order valence-electron chi connectivity index (χ4n) is 6.84. The average molecular weight is 746 g/mol. The molecule has 3 unspecified atom stereocenters. The van der Waals surface area contributed by atoms with Gasteiger partial charge in [-0.2, -0.15) is 0 Å². The van der Waals surface area contributed by atoms with Crippen LogP contribution in [0.4, 0.5) is 0 Å². The molecule has 3 N–H and O–H groups in total. The van der Waals surface area contributed by atoms with Crippen LogP contribution in [0, 0.1) is 0 Å². The van der Waals surface area contributed by atoms with Crippen molar-refractivity contribution in [1.82, 2.24) is 5.32 Å². The maximum atomic E-state index is 13.1. The van der Waals surface area contributed by atoms with E-state index < -0.39 is 18.2 Å². The number of carbonyl (C=O) groups is 2. The summed E-state index contributed by atoms with van der Waals surface area (Å²) in [6.45, 7) is 6.32. The summed E-state index contributed by atoms with van der Waals surface area (Å²) < 4.78 is 5.89. The van der Waals surface area contributed by atoms with Crippen LogP contribution in [0.3, 0.4) is 0 Å². The van der Waals surface area contributed by atoms with Crippen molar-refractivity contribution < 1.29 is 24.5 Å². The predicted molar refractivity (Wildman–Crippen MR) is 227 cm³/mol.